The molecule has 6 heteroatoms. The Morgan fingerprint density at radius 1 is 1.35 bits per heavy atom. The molecule has 0 radical (unpaired) electrons. The molecule has 0 saturated heterocycles. The van der Waals surface area contributed by atoms with Crippen LogP contribution in [-0.2, 0) is 12.1 Å². The normalized spacial score (nSPS) is 11.4. The molecule has 6 nitrogen and oxygen atoms in total. The van der Waals surface area contributed by atoms with E-state index >= 15 is 0 Å². The first-order chi connectivity index (χ1) is 9.40. The number of hydrogen-bond acceptors (Lipinski definition) is 5. The van der Waals surface area contributed by atoms with E-state index in [9.17, 15) is 9.90 Å². The van der Waals surface area contributed by atoms with Crippen LogP contribution in [-0.4, -0.2) is 33.0 Å². The maximum atomic E-state index is 12.1. The number of ketones is 1. The number of methoxy groups -OCH3 is 1. The Kier molecular flexibility index (Phi) is 3.85. The second-order valence-electron chi connectivity index (χ2n) is 5.01. The lowest BCUT2D eigenvalue weighted by molar-refractivity contribution is 0.0736. The van der Waals surface area contributed by atoms with Gasteiger partial charge >= 0.3 is 0 Å². The lowest BCUT2D eigenvalue weighted by Gasteiger charge is -2.11. The molecule has 0 amide bonds. The van der Waals surface area contributed by atoms with Gasteiger partial charge in [-0.2, -0.15) is 0 Å². The van der Waals surface area contributed by atoms with Gasteiger partial charge in [0.05, 0.1) is 13.3 Å². The molecule has 1 N–H and O–H groups in total. The second kappa shape index (κ2) is 5.42. The lowest BCUT2D eigenvalue weighted by Crippen LogP contribution is -2.16. The van der Waals surface area contributed by atoms with E-state index in [0.717, 1.165) is 0 Å². The Hall–Kier alpha value is -2.21. The average molecular weight is 275 g/mol. The number of nitrogens with zero attached hydrogens (tertiary/aromatic N) is 3. The molecule has 0 fully saturated rings. The molecule has 0 unspecified atom stereocenters. The monoisotopic (exact) mass is 275 g/mol. The Bertz CT molecular complexity index is 597. The zero-order chi connectivity index (χ0) is 14.8. The molecule has 2 aromatic rings. The highest BCUT2D eigenvalue weighted by molar-refractivity contribution is 5.95. The Labute approximate surface area is 117 Å². The number of aliphatic hydroxyl groups is 1. The predicted molar refractivity (Wildman–Crippen MR) is 72.6 cm³/mol. The van der Waals surface area contributed by atoms with E-state index in [1.165, 1.54) is 4.68 Å². The number of hydrogen-bond donors (Lipinski definition) is 1. The second-order valence-corrected chi connectivity index (χ2v) is 5.01. The van der Waals surface area contributed by atoms with Crippen molar-refractivity contribution in [3.05, 3.63) is 41.7 Å². The first-order valence-electron chi connectivity index (χ1n) is 6.20. The van der Waals surface area contributed by atoms with Crippen LogP contribution in [0, 0.1) is 0 Å². The van der Waals surface area contributed by atoms with Gasteiger partial charge in [-0.15, -0.1) is 5.10 Å². The summed E-state index contributed by atoms with van der Waals surface area (Å²) in [6, 6.07) is 6.87. The van der Waals surface area contributed by atoms with Crippen molar-refractivity contribution in [3.63, 3.8) is 0 Å². The minimum atomic E-state index is -1.07. The molecule has 0 atom stereocenters. The van der Waals surface area contributed by atoms with Gasteiger partial charge in [0.25, 0.3) is 0 Å². The van der Waals surface area contributed by atoms with Gasteiger partial charge in [0.15, 0.2) is 5.78 Å². The third-order valence-electron chi connectivity index (χ3n) is 2.88. The van der Waals surface area contributed by atoms with Gasteiger partial charge in [-0.3, -0.25) is 4.79 Å². The van der Waals surface area contributed by atoms with Crippen molar-refractivity contribution in [1.29, 1.82) is 0 Å². The van der Waals surface area contributed by atoms with Crippen LogP contribution in [0.1, 0.15) is 29.9 Å². The van der Waals surface area contributed by atoms with Gasteiger partial charge in [0, 0.05) is 5.56 Å². The first-order valence-corrected chi connectivity index (χ1v) is 6.20. The smallest absolute Gasteiger partial charge is 0.184 e. The zero-order valence-electron chi connectivity index (χ0n) is 11.7. The average Bonchev–Trinajstić information content (AvgIpc) is 2.87. The van der Waals surface area contributed by atoms with E-state index in [1.54, 1.807) is 51.4 Å². The third-order valence-corrected chi connectivity index (χ3v) is 2.88. The summed E-state index contributed by atoms with van der Waals surface area (Å²) in [4.78, 5) is 12.1. The fourth-order valence-corrected chi connectivity index (χ4v) is 1.67. The largest absolute Gasteiger partial charge is 0.497 e. The van der Waals surface area contributed by atoms with E-state index in [1.807, 2.05) is 0 Å². The SMILES string of the molecule is COc1ccc(C(=O)Cn2cc(C(C)(C)O)nn2)cc1. The van der Waals surface area contributed by atoms with Crippen molar-refractivity contribution < 1.29 is 14.6 Å². The molecule has 0 aliphatic carbocycles. The van der Waals surface area contributed by atoms with Crippen LogP contribution in [0.25, 0.3) is 0 Å². The van der Waals surface area contributed by atoms with E-state index in [0.29, 0.717) is 17.0 Å². The highest BCUT2D eigenvalue weighted by Crippen LogP contribution is 2.16. The van der Waals surface area contributed by atoms with E-state index < -0.39 is 5.60 Å². The molecule has 2 rings (SSSR count). The predicted octanol–water partition coefficient (Wildman–Crippen LogP) is 1.40. The molecule has 106 valence electrons. The van der Waals surface area contributed by atoms with Crippen LogP contribution in [0.2, 0.25) is 0 Å². The molecule has 0 saturated carbocycles. The number of benzene rings is 1. The summed E-state index contributed by atoms with van der Waals surface area (Å²) in [6.07, 6.45) is 1.57. The quantitative estimate of drug-likeness (QED) is 0.834. The van der Waals surface area contributed by atoms with Crippen molar-refractivity contribution in [3.8, 4) is 5.75 Å². The first kappa shape index (κ1) is 14.2. The maximum Gasteiger partial charge on any atom is 0.184 e. The molecule has 0 aliphatic rings. The fourth-order valence-electron chi connectivity index (χ4n) is 1.67. The van der Waals surface area contributed by atoms with Crippen LogP contribution in [0.4, 0.5) is 0 Å². The standard InChI is InChI=1S/C14H17N3O3/c1-14(2,19)13-9-17(16-15-13)8-12(18)10-4-6-11(20-3)7-5-10/h4-7,9,19H,8H2,1-3H3. The molecule has 0 spiro atoms. The summed E-state index contributed by atoms with van der Waals surface area (Å²) in [5, 5.41) is 17.5. The van der Waals surface area contributed by atoms with Gasteiger partial charge in [-0.25, -0.2) is 4.68 Å². The highest BCUT2D eigenvalue weighted by Gasteiger charge is 2.20. The van der Waals surface area contributed by atoms with Crippen LogP contribution in [0.3, 0.4) is 0 Å². The van der Waals surface area contributed by atoms with Crippen molar-refractivity contribution in [1.82, 2.24) is 15.0 Å². The third kappa shape index (κ3) is 3.21. The summed E-state index contributed by atoms with van der Waals surface area (Å²) in [5.41, 5.74) is -0.0624. The molecule has 0 bridgehead atoms. The summed E-state index contributed by atoms with van der Waals surface area (Å²) in [6.45, 7) is 3.31. The molecule has 1 aromatic heterocycles. The molecule has 20 heavy (non-hydrogen) atoms. The van der Waals surface area contributed by atoms with Crippen molar-refractivity contribution in [2.45, 2.75) is 26.0 Å². The van der Waals surface area contributed by atoms with Gasteiger partial charge in [-0.05, 0) is 38.1 Å². The fraction of sp³-hybridized carbons (Fsp3) is 0.357. The maximum absolute atomic E-state index is 12.1. The summed E-state index contributed by atoms with van der Waals surface area (Å²) in [7, 11) is 1.57. The van der Waals surface area contributed by atoms with E-state index in [2.05, 4.69) is 10.3 Å². The van der Waals surface area contributed by atoms with Gasteiger partial charge in [0.1, 0.15) is 23.6 Å². The Morgan fingerprint density at radius 2 is 2.00 bits per heavy atom. The highest BCUT2D eigenvalue weighted by atomic mass is 16.5. The number of carbonyl (C=O) groups is 1. The van der Waals surface area contributed by atoms with E-state index in [-0.39, 0.29) is 12.3 Å². The van der Waals surface area contributed by atoms with Gasteiger partial charge < -0.3 is 9.84 Å². The summed E-state index contributed by atoms with van der Waals surface area (Å²) in [5.74, 6) is 0.617. The van der Waals surface area contributed by atoms with Gasteiger partial charge in [0.2, 0.25) is 0 Å². The summed E-state index contributed by atoms with van der Waals surface area (Å²) >= 11 is 0. The van der Waals surface area contributed by atoms with E-state index in [4.69, 9.17) is 4.74 Å². The van der Waals surface area contributed by atoms with Crippen LogP contribution >= 0.6 is 0 Å². The van der Waals surface area contributed by atoms with Crippen molar-refractivity contribution in [2.24, 2.45) is 0 Å². The molecular weight excluding hydrogens is 258 g/mol. The molecule has 1 heterocycles. The molecule has 1 aromatic carbocycles. The van der Waals surface area contributed by atoms with Crippen LogP contribution in [0.5, 0.6) is 5.75 Å². The van der Waals surface area contributed by atoms with Crippen LogP contribution < -0.4 is 4.74 Å². The van der Waals surface area contributed by atoms with Crippen LogP contribution in [0.15, 0.2) is 30.5 Å². The minimum absolute atomic E-state index is 0.0788. The lowest BCUT2D eigenvalue weighted by atomic mass is 10.1. The van der Waals surface area contributed by atoms with Gasteiger partial charge in [-0.1, -0.05) is 5.21 Å². The number of ether oxygens (including phenoxy) is 1. The number of rotatable bonds is 5. The Morgan fingerprint density at radius 3 is 2.50 bits per heavy atom. The zero-order valence-corrected chi connectivity index (χ0v) is 11.7. The Balaban J connectivity index is 2.09. The molecular formula is C14H17N3O3. The summed E-state index contributed by atoms with van der Waals surface area (Å²) < 4.78 is 6.46. The number of carbonyl (C=O) groups excluding carboxylic acids is 1. The number of aromatic nitrogens is 3. The number of Topliss-reactive ketones (excluding diaryl/α,β-unsaturated/α-hetero) is 1. The van der Waals surface area contributed by atoms with Crippen molar-refractivity contribution in [2.75, 3.05) is 7.11 Å². The topological polar surface area (TPSA) is 77.2 Å². The minimum Gasteiger partial charge on any atom is -0.497 e. The van der Waals surface area contributed by atoms with Crippen molar-refractivity contribution >= 4 is 5.78 Å². The molecule has 0 aliphatic heterocycles.